The zero-order chi connectivity index (χ0) is 18.1. The number of hydrazone groups is 1. The number of methoxy groups -OCH3 is 2. The predicted octanol–water partition coefficient (Wildman–Crippen LogP) is 0.540. The summed E-state index contributed by atoms with van der Waals surface area (Å²) in [5.74, 6) is 0.578. The van der Waals surface area contributed by atoms with E-state index in [1.54, 1.807) is 18.3 Å². The average molecular weight is 368 g/mol. The zero-order valence-electron chi connectivity index (χ0n) is 14.4. The minimum atomic E-state index is -0.0459. The first-order chi connectivity index (χ1) is 12.1. The van der Waals surface area contributed by atoms with Crippen molar-refractivity contribution in [1.82, 2.24) is 15.6 Å². The number of benzene rings is 1. The number of rotatable bonds is 7. The number of phenolic OH excluding ortho intramolecular Hbond substituents is 1. The van der Waals surface area contributed by atoms with Crippen molar-refractivity contribution in [3.05, 3.63) is 17.7 Å². The molecule has 1 aromatic carbocycles. The third-order valence-corrected chi connectivity index (χ3v) is 3.93. The highest BCUT2D eigenvalue weighted by molar-refractivity contribution is 7.80. The van der Waals surface area contributed by atoms with Gasteiger partial charge in [0.15, 0.2) is 16.6 Å². The second-order valence-electron chi connectivity index (χ2n) is 5.35. The maximum Gasteiger partial charge on any atom is 0.200 e. The van der Waals surface area contributed by atoms with Crippen LogP contribution < -0.4 is 20.2 Å². The molecule has 0 amide bonds. The molecule has 0 spiro atoms. The van der Waals surface area contributed by atoms with Crippen LogP contribution in [0.2, 0.25) is 0 Å². The van der Waals surface area contributed by atoms with Gasteiger partial charge in [0.2, 0.25) is 5.75 Å². The summed E-state index contributed by atoms with van der Waals surface area (Å²) >= 11 is 5.19. The van der Waals surface area contributed by atoms with E-state index in [0.717, 1.165) is 39.4 Å². The van der Waals surface area contributed by atoms with Crippen LogP contribution >= 0.6 is 12.2 Å². The monoisotopic (exact) mass is 368 g/mol. The summed E-state index contributed by atoms with van der Waals surface area (Å²) in [5, 5.41) is 17.5. The molecule has 9 heteroatoms. The fourth-order valence-electron chi connectivity index (χ4n) is 2.35. The summed E-state index contributed by atoms with van der Waals surface area (Å²) in [6.07, 6.45) is 1.57. The Kier molecular flexibility index (Phi) is 7.71. The van der Waals surface area contributed by atoms with E-state index in [1.807, 2.05) is 0 Å². The van der Waals surface area contributed by atoms with Crippen LogP contribution in [0.15, 0.2) is 17.2 Å². The minimum Gasteiger partial charge on any atom is -0.502 e. The van der Waals surface area contributed by atoms with Crippen LogP contribution in [0.25, 0.3) is 0 Å². The highest BCUT2D eigenvalue weighted by Gasteiger charge is 2.11. The van der Waals surface area contributed by atoms with Gasteiger partial charge < -0.3 is 24.6 Å². The fourth-order valence-corrected chi connectivity index (χ4v) is 2.50. The molecule has 1 saturated heterocycles. The number of nitrogens with one attached hydrogen (secondary N) is 2. The van der Waals surface area contributed by atoms with E-state index in [0.29, 0.717) is 22.2 Å². The first-order valence-electron chi connectivity index (χ1n) is 7.96. The van der Waals surface area contributed by atoms with Crippen molar-refractivity contribution >= 4 is 23.5 Å². The smallest absolute Gasteiger partial charge is 0.200 e. The van der Waals surface area contributed by atoms with Gasteiger partial charge in [0.05, 0.1) is 33.6 Å². The first kappa shape index (κ1) is 19.2. The first-order valence-corrected chi connectivity index (χ1v) is 8.37. The van der Waals surface area contributed by atoms with Crippen molar-refractivity contribution in [2.75, 3.05) is 53.6 Å². The molecule has 0 bridgehead atoms. The Morgan fingerprint density at radius 1 is 1.32 bits per heavy atom. The molecule has 3 N–H and O–H groups in total. The second-order valence-corrected chi connectivity index (χ2v) is 5.76. The Morgan fingerprint density at radius 2 is 1.96 bits per heavy atom. The van der Waals surface area contributed by atoms with Gasteiger partial charge in [-0.3, -0.25) is 10.3 Å². The Bertz CT molecular complexity index is 581. The Morgan fingerprint density at radius 3 is 2.56 bits per heavy atom. The summed E-state index contributed by atoms with van der Waals surface area (Å²) in [6, 6.07) is 3.30. The van der Waals surface area contributed by atoms with Gasteiger partial charge in [-0.1, -0.05) is 0 Å². The van der Waals surface area contributed by atoms with Crippen molar-refractivity contribution in [1.29, 1.82) is 0 Å². The Balaban J connectivity index is 1.78. The highest BCUT2D eigenvalue weighted by atomic mass is 32.1. The van der Waals surface area contributed by atoms with Crippen molar-refractivity contribution in [3.8, 4) is 17.2 Å². The fraction of sp³-hybridized carbons (Fsp3) is 0.500. The highest BCUT2D eigenvalue weighted by Crippen LogP contribution is 2.36. The van der Waals surface area contributed by atoms with Gasteiger partial charge in [-0.25, -0.2) is 0 Å². The number of aromatic hydroxyl groups is 1. The summed E-state index contributed by atoms with van der Waals surface area (Å²) in [4.78, 5) is 2.32. The molecule has 0 radical (unpaired) electrons. The lowest BCUT2D eigenvalue weighted by atomic mass is 10.2. The molecule has 0 aromatic heterocycles. The normalized spacial score (nSPS) is 15.1. The number of hydrogen-bond acceptors (Lipinski definition) is 7. The Hall–Kier alpha value is -2.10. The molecule has 0 saturated carbocycles. The van der Waals surface area contributed by atoms with E-state index in [1.165, 1.54) is 14.2 Å². The SMILES string of the molecule is COc1cc(C=NNC(=S)NCCN2CCOCC2)cc(OC)c1O. The standard InChI is InChI=1S/C16H24N4O4S/c1-22-13-9-12(10-14(23-2)15(13)21)11-18-19-16(25)17-3-4-20-5-7-24-8-6-20/h9-11,21H,3-8H2,1-2H3,(H2,17,19,25). The molecule has 0 unspecified atom stereocenters. The molecule has 2 rings (SSSR count). The van der Waals surface area contributed by atoms with Crippen LogP contribution in [0.1, 0.15) is 5.56 Å². The van der Waals surface area contributed by atoms with Crippen LogP contribution in [0, 0.1) is 0 Å². The van der Waals surface area contributed by atoms with Crippen molar-refractivity contribution < 1.29 is 19.3 Å². The van der Waals surface area contributed by atoms with E-state index in [-0.39, 0.29) is 5.75 Å². The summed E-state index contributed by atoms with van der Waals surface area (Å²) < 4.78 is 15.5. The summed E-state index contributed by atoms with van der Waals surface area (Å²) in [5.41, 5.74) is 3.46. The van der Waals surface area contributed by atoms with Gasteiger partial charge in [0.25, 0.3) is 0 Å². The van der Waals surface area contributed by atoms with E-state index in [4.69, 9.17) is 26.4 Å². The molecule has 0 aliphatic carbocycles. The third kappa shape index (κ3) is 6.04. The van der Waals surface area contributed by atoms with Crippen LogP contribution in [-0.2, 0) is 4.74 Å². The van der Waals surface area contributed by atoms with Gasteiger partial charge >= 0.3 is 0 Å². The van der Waals surface area contributed by atoms with Crippen molar-refractivity contribution in [3.63, 3.8) is 0 Å². The number of morpholine rings is 1. The van der Waals surface area contributed by atoms with Gasteiger partial charge in [-0.2, -0.15) is 5.10 Å². The quantitative estimate of drug-likeness (QED) is 0.365. The van der Waals surface area contributed by atoms with Gasteiger partial charge in [-0.05, 0) is 24.4 Å². The molecular formula is C16H24N4O4S. The minimum absolute atomic E-state index is 0.0459. The van der Waals surface area contributed by atoms with E-state index < -0.39 is 0 Å². The van der Waals surface area contributed by atoms with E-state index in [2.05, 4.69) is 20.7 Å². The predicted molar refractivity (Wildman–Crippen MR) is 99.8 cm³/mol. The zero-order valence-corrected chi connectivity index (χ0v) is 15.3. The van der Waals surface area contributed by atoms with Crippen molar-refractivity contribution in [2.24, 2.45) is 5.10 Å². The molecule has 1 heterocycles. The molecule has 1 fully saturated rings. The molecule has 1 aliphatic heterocycles. The van der Waals surface area contributed by atoms with Gasteiger partial charge in [0.1, 0.15) is 0 Å². The lowest BCUT2D eigenvalue weighted by molar-refractivity contribution is 0.0389. The van der Waals surface area contributed by atoms with Crippen molar-refractivity contribution in [2.45, 2.75) is 0 Å². The number of nitrogens with zero attached hydrogens (tertiary/aromatic N) is 2. The number of hydrogen-bond donors (Lipinski definition) is 3. The second kappa shape index (κ2) is 10.0. The molecular weight excluding hydrogens is 344 g/mol. The molecule has 25 heavy (non-hydrogen) atoms. The van der Waals surface area contributed by atoms with Crippen LogP contribution in [0.3, 0.4) is 0 Å². The maximum absolute atomic E-state index is 9.88. The molecule has 138 valence electrons. The average Bonchev–Trinajstić information content (AvgIpc) is 2.63. The number of phenols is 1. The van der Waals surface area contributed by atoms with E-state index in [9.17, 15) is 5.11 Å². The van der Waals surface area contributed by atoms with Gasteiger partial charge in [-0.15, -0.1) is 0 Å². The van der Waals surface area contributed by atoms with E-state index >= 15 is 0 Å². The largest absolute Gasteiger partial charge is 0.502 e. The number of thiocarbonyl (C=S) groups is 1. The maximum atomic E-state index is 9.88. The molecule has 1 aromatic rings. The Labute approximate surface area is 152 Å². The van der Waals surface area contributed by atoms with Crippen LogP contribution in [-0.4, -0.2) is 74.9 Å². The van der Waals surface area contributed by atoms with Crippen LogP contribution in [0.4, 0.5) is 0 Å². The summed E-state index contributed by atoms with van der Waals surface area (Å²) in [7, 11) is 2.95. The third-order valence-electron chi connectivity index (χ3n) is 3.70. The number of ether oxygens (including phenoxy) is 3. The molecule has 0 atom stereocenters. The van der Waals surface area contributed by atoms with Crippen LogP contribution in [0.5, 0.6) is 17.2 Å². The topological polar surface area (TPSA) is 87.6 Å². The lowest BCUT2D eigenvalue weighted by Crippen LogP contribution is -2.42. The summed E-state index contributed by atoms with van der Waals surface area (Å²) in [6.45, 7) is 5.11. The lowest BCUT2D eigenvalue weighted by Gasteiger charge is -2.26. The van der Waals surface area contributed by atoms with Gasteiger partial charge in [0, 0.05) is 31.7 Å². The molecule has 8 nitrogen and oxygen atoms in total. The molecule has 1 aliphatic rings.